The van der Waals surface area contributed by atoms with Gasteiger partial charge in [0.2, 0.25) is 10.0 Å². The van der Waals surface area contributed by atoms with Gasteiger partial charge in [0.25, 0.3) is 0 Å². The molecule has 1 saturated heterocycles. The predicted molar refractivity (Wildman–Crippen MR) is 100.0 cm³/mol. The Labute approximate surface area is 165 Å². The molecule has 0 radical (unpaired) electrons. The summed E-state index contributed by atoms with van der Waals surface area (Å²) in [5.41, 5.74) is -0.410. The molecule has 1 aliphatic heterocycles. The zero-order valence-corrected chi connectivity index (χ0v) is 16.0. The Balaban J connectivity index is 1.71. The molecule has 1 aliphatic rings. The molecular formula is C18H18F3N5O2S. The fourth-order valence-corrected chi connectivity index (χ4v) is 4.28. The van der Waals surface area contributed by atoms with Crippen LogP contribution in [-0.2, 0) is 16.2 Å². The van der Waals surface area contributed by atoms with Crippen molar-refractivity contribution in [2.24, 2.45) is 5.14 Å². The largest absolute Gasteiger partial charge is 0.418 e. The molecule has 7 nitrogen and oxygen atoms in total. The second-order valence-electron chi connectivity index (χ2n) is 6.99. The van der Waals surface area contributed by atoms with Crippen LogP contribution in [0.15, 0.2) is 47.5 Å². The molecule has 0 bridgehead atoms. The van der Waals surface area contributed by atoms with Crippen LogP contribution in [0.5, 0.6) is 0 Å². The number of benzene rings is 1. The molecule has 0 aliphatic carbocycles. The van der Waals surface area contributed by atoms with Gasteiger partial charge in [0.15, 0.2) is 5.65 Å². The van der Waals surface area contributed by atoms with Crippen LogP contribution < -0.4 is 10.0 Å². The lowest BCUT2D eigenvalue weighted by molar-refractivity contribution is -0.137. The Morgan fingerprint density at radius 2 is 1.93 bits per heavy atom. The van der Waals surface area contributed by atoms with Crippen LogP contribution in [0.1, 0.15) is 30.1 Å². The molecule has 0 saturated carbocycles. The number of anilines is 1. The summed E-state index contributed by atoms with van der Waals surface area (Å²) in [7, 11) is -4.24. The van der Waals surface area contributed by atoms with Crippen molar-refractivity contribution < 1.29 is 21.6 Å². The molecule has 4 rings (SSSR count). The van der Waals surface area contributed by atoms with Gasteiger partial charge in [0.05, 0.1) is 10.5 Å². The van der Waals surface area contributed by atoms with Crippen molar-refractivity contribution in [3.63, 3.8) is 0 Å². The van der Waals surface area contributed by atoms with E-state index in [9.17, 15) is 21.6 Å². The molecule has 11 heteroatoms. The van der Waals surface area contributed by atoms with Gasteiger partial charge in [-0.3, -0.25) is 4.40 Å². The van der Waals surface area contributed by atoms with Gasteiger partial charge in [0.1, 0.15) is 5.82 Å². The lowest BCUT2D eigenvalue weighted by atomic mass is 9.96. The van der Waals surface area contributed by atoms with E-state index >= 15 is 0 Å². The molecule has 1 aromatic carbocycles. The van der Waals surface area contributed by atoms with Crippen LogP contribution in [-0.4, -0.2) is 36.1 Å². The Bertz CT molecular complexity index is 1160. The number of nitrogens with zero attached hydrogens (tertiary/aromatic N) is 4. The average molecular weight is 425 g/mol. The van der Waals surface area contributed by atoms with Crippen molar-refractivity contribution in [3.8, 4) is 0 Å². The minimum atomic E-state index is -4.72. The van der Waals surface area contributed by atoms with E-state index in [2.05, 4.69) is 10.2 Å². The van der Waals surface area contributed by atoms with E-state index in [1.54, 1.807) is 4.90 Å². The molecule has 29 heavy (non-hydrogen) atoms. The number of primary sulfonamides is 1. The molecule has 154 valence electrons. The summed E-state index contributed by atoms with van der Waals surface area (Å²) in [4.78, 5) is 1.05. The van der Waals surface area contributed by atoms with Crippen LogP contribution in [0.3, 0.4) is 0 Å². The zero-order valence-electron chi connectivity index (χ0n) is 15.2. The average Bonchev–Trinajstić information content (AvgIpc) is 3.10. The molecule has 3 aromatic rings. The third-order valence-corrected chi connectivity index (χ3v) is 5.98. The van der Waals surface area contributed by atoms with E-state index in [4.69, 9.17) is 5.14 Å². The van der Waals surface area contributed by atoms with E-state index < -0.39 is 26.7 Å². The van der Waals surface area contributed by atoms with E-state index in [-0.39, 0.29) is 11.6 Å². The fraction of sp³-hybridized carbons (Fsp3) is 0.333. The summed E-state index contributed by atoms with van der Waals surface area (Å²) in [6, 6.07) is 8.37. The van der Waals surface area contributed by atoms with Crippen LogP contribution >= 0.6 is 0 Å². The van der Waals surface area contributed by atoms with Crippen molar-refractivity contribution >= 4 is 21.4 Å². The lowest BCUT2D eigenvalue weighted by Crippen LogP contribution is -2.36. The highest BCUT2D eigenvalue weighted by molar-refractivity contribution is 7.89. The number of piperidine rings is 1. The van der Waals surface area contributed by atoms with Gasteiger partial charge in [-0.05, 0) is 43.2 Å². The SMILES string of the molecule is NS(=O)(=O)c1ccc(N2CCCC(c3nnc4ccccn34)C2)c(C(F)(F)F)c1. The normalized spacial score (nSPS) is 18.3. The molecule has 1 atom stereocenters. The number of pyridine rings is 1. The van der Waals surface area contributed by atoms with Gasteiger partial charge in [0, 0.05) is 30.9 Å². The highest BCUT2D eigenvalue weighted by Gasteiger charge is 2.37. The predicted octanol–water partition coefficient (Wildman–Crippen LogP) is 2.78. The molecule has 1 fully saturated rings. The van der Waals surface area contributed by atoms with E-state index in [0.29, 0.717) is 37.0 Å². The number of sulfonamides is 1. The Hall–Kier alpha value is -2.66. The summed E-state index contributed by atoms with van der Waals surface area (Å²) in [5.74, 6) is 0.583. The number of alkyl halides is 3. The number of fused-ring (bicyclic) bond motifs is 1. The second-order valence-corrected chi connectivity index (χ2v) is 8.56. The smallest absolute Gasteiger partial charge is 0.370 e. The quantitative estimate of drug-likeness (QED) is 0.697. The Morgan fingerprint density at radius 1 is 1.14 bits per heavy atom. The van der Waals surface area contributed by atoms with Gasteiger partial charge in [-0.1, -0.05) is 6.07 Å². The summed E-state index contributed by atoms with van der Waals surface area (Å²) in [6.45, 7) is 0.735. The molecule has 2 aromatic heterocycles. The summed E-state index contributed by atoms with van der Waals surface area (Å²) < 4.78 is 65.8. The van der Waals surface area contributed by atoms with Crippen molar-refractivity contribution in [3.05, 3.63) is 54.0 Å². The first-order valence-electron chi connectivity index (χ1n) is 8.93. The summed E-state index contributed by atoms with van der Waals surface area (Å²) >= 11 is 0. The van der Waals surface area contributed by atoms with Gasteiger partial charge in [-0.15, -0.1) is 10.2 Å². The van der Waals surface area contributed by atoms with Crippen molar-refractivity contribution in [2.75, 3.05) is 18.0 Å². The molecule has 2 N–H and O–H groups in total. The number of hydrogen-bond donors (Lipinski definition) is 1. The molecule has 3 heterocycles. The Morgan fingerprint density at radius 3 is 2.66 bits per heavy atom. The third kappa shape index (κ3) is 3.79. The van der Waals surface area contributed by atoms with Crippen LogP contribution in [0.2, 0.25) is 0 Å². The maximum absolute atomic E-state index is 13.7. The van der Waals surface area contributed by atoms with Gasteiger partial charge in [-0.25, -0.2) is 13.6 Å². The van der Waals surface area contributed by atoms with Crippen LogP contribution in [0, 0.1) is 0 Å². The monoisotopic (exact) mass is 425 g/mol. The van der Waals surface area contributed by atoms with Crippen LogP contribution in [0.4, 0.5) is 18.9 Å². The molecular weight excluding hydrogens is 407 g/mol. The highest BCUT2D eigenvalue weighted by atomic mass is 32.2. The fourth-order valence-electron chi connectivity index (χ4n) is 3.74. The topological polar surface area (TPSA) is 93.6 Å². The first kappa shape index (κ1) is 19.6. The third-order valence-electron chi connectivity index (χ3n) is 5.07. The molecule has 0 amide bonds. The maximum Gasteiger partial charge on any atom is 0.418 e. The molecule has 1 unspecified atom stereocenters. The Kier molecular flexibility index (Phi) is 4.74. The first-order chi connectivity index (χ1) is 13.6. The van der Waals surface area contributed by atoms with Crippen molar-refractivity contribution in [1.82, 2.24) is 14.6 Å². The van der Waals surface area contributed by atoms with Crippen molar-refractivity contribution in [1.29, 1.82) is 0 Å². The zero-order chi connectivity index (χ0) is 20.8. The molecule has 0 spiro atoms. The highest BCUT2D eigenvalue weighted by Crippen LogP contribution is 2.40. The summed E-state index contributed by atoms with van der Waals surface area (Å²) in [6.07, 6.45) is -1.46. The van der Waals surface area contributed by atoms with Gasteiger partial charge >= 0.3 is 6.18 Å². The number of nitrogens with two attached hydrogens (primary N) is 1. The lowest BCUT2D eigenvalue weighted by Gasteiger charge is -2.35. The van der Waals surface area contributed by atoms with Gasteiger partial charge in [-0.2, -0.15) is 13.2 Å². The second kappa shape index (κ2) is 6.99. The first-order valence-corrected chi connectivity index (χ1v) is 10.5. The summed E-state index contributed by atoms with van der Waals surface area (Å²) in [5, 5.41) is 13.4. The number of halogens is 3. The standard InChI is InChI=1S/C18H18F3N5O2S/c19-18(20,21)14-10-13(29(22,27)28)6-7-15(14)25-8-3-4-12(11-25)17-24-23-16-5-1-2-9-26(16)17/h1-2,5-7,9-10,12H,3-4,8,11H2,(H2,22,27,28). The van der Waals surface area contributed by atoms with Crippen molar-refractivity contribution in [2.45, 2.75) is 29.8 Å². The minimum Gasteiger partial charge on any atom is -0.370 e. The van der Waals surface area contributed by atoms with E-state index in [1.807, 2.05) is 28.8 Å². The number of aromatic nitrogens is 3. The van der Waals surface area contributed by atoms with E-state index in [1.165, 1.54) is 6.07 Å². The minimum absolute atomic E-state index is 0.0663. The maximum atomic E-state index is 13.7. The van der Waals surface area contributed by atoms with E-state index in [0.717, 1.165) is 12.5 Å². The number of rotatable bonds is 3. The van der Waals surface area contributed by atoms with Crippen LogP contribution in [0.25, 0.3) is 5.65 Å². The van der Waals surface area contributed by atoms with Gasteiger partial charge < -0.3 is 4.90 Å². The number of hydrogen-bond acceptors (Lipinski definition) is 5.